The van der Waals surface area contributed by atoms with Crippen molar-refractivity contribution < 1.29 is 14.1 Å². The SMILES string of the molecule is CC1(C)OB(C[C@@]2(C)CN(Cc3ccccc3)C(=O)c3ccccc32)OC1(C)C. The Balaban J connectivity index is 1.64. The first-order chi connectivity index (χ1) is 13.6. The van der Waals surface area contributed by atoms with E-state index in [2.05, 4.69) is 52.8 Å². The van der Waals surface area contributed by atoms with Gasteiger partial charge in [-0.2, -0.15) is 0 Å². The molecular weight excluding hydrogens is 361 g/mol. The quantitative estimate of drug-likeness (QED) is 0.710. The van der Waals surface area contributed by atoms with Crippen molar-refractivity contribution in [2.75, 3.05) is 6.54 Å². The summed E-state index contributed by atoms with van der Waals surface area (Å²) in [7, 11) is -0.301. The summed E-state index contributed by atoms with van der Waals surface area (Å²) in [5.41, 5.74) is 2.04. The molecule has 4 rings (SSSR count). The first-order valence-corrected chi connectivity index (χ1v) is 10.4. The first-order valence-electron chi connectivity index (χ1n) is 10.4. The van der Waals surface area contributed by atoms with Gasteiger partial charge in [-0.1, -0.05) is 55.5 Å². The Kier molecular flexibility index (Phi) is 4.87. The average Bonchev–Trinajstić information content (AvgIpc) is 2.86. The van der Waals surface area contributed by atoms with Gasteiger partial charge in [0, 0.05) is 24.1 Å². The lowest BCUT2D eigenvalue weighted by molar-refractivity contribution is 0.00578. The minimum absolute atomic E-state index is 0.0934. The molecule has 2 aromatic rings. The number of hydrogen-bond acceptors (Lipinski definition) is 3. The minimum atomic E-state index is -0.359. The molecule has 1 amide bonds. The Morgan fingerprint density at radius 3 is 2.14 bits per heavy atom. The molecule has 0 aliphatic carbocycles. The molecule has 1 atom stereocenters. The van der Waals surface area contributed by atoms with Gasteiger partial charge in [-0.25, -0.2) is 0 Å². The fourth-order valence-electron chi connectivity index (χ4n) is 4.47. The topological polar surface area (TPSA) is 38.8 Å². The molecule has 0 saturated carbocycles. The molecule has 29 heavy (non-hydrogen) atoms. The molecule has 4 nitrogen and oxygen atoms in total. The van der Waals surface area contributed by atoms with Crippen LogP contribution >= 0.6 is 0 Å². The van der Waals surface area contributed by atoms with Crippen molar-refractivity contribution >= 4 is 13.0 Å². The predicted octanol–water partition coefficient (Wildman–Crippen LogP) is 4.69. The Bertz CT molecular complexity index is 895. The third kappa shape index (κ3) is 3.62. The highest BCUT2D eigenvalue weighted by molar-refractivity contribution is 6.46. The predicted molar refractivity (Wildman–Crippen MR) is 116 cm³/mol. The lowest BCUT2D eigenvalue weighted by Gasteiger charge is -2.42. The minimum Gasteiger partial charge on any atom is -0.403 e. The average molecular weight is 391 g/mol. The summed E-state index contributed by atoms with van der Waals surface area (Å²) in [5.74, 6) is 0.0934. The maximum absolute atomic E-state index is 13.2. The van der Waals surface area contributed by atoms with E-state index in [1.54, 1.807) is 0 Å². The van der Waals surface area contributed by atoms with Crippen molar-refractivity contribution in [1.29, 1.82) is 0 Å². The summed E-state index contributed by atoms with van der Waals surface area (Å²) >= 11 is 0. The number of amides is 1. The third-order valence-corrected chi connectivity index (χ3v) is 6.77. The van der Waals surface area contributed by atoms with E-state index in [4.69, 9.17) is 9.31 Å². The molecule has 0 bridgehead atoms. The van der Waals surface area contributed by atoms with E-state index in [0.29, 0.717) is 19.4 Å². The van der Waals surface area contributed by atoms with Crippen molar-refractivity contribution in [3.8, 4) is 0 Å². The summed E-state index contributed by atoms with van der Waals surface area (Å²) in [5, 5.41) is 0. The smallest absolute Gasteiger partial charge is 0.403 e. The van der Waals surface area contributed by atoms with Crippen LogP contribution in [0, 0.1) is 0 Å². The van der Waals surface area contributed by atoms with Gasteiger partial charge in [-0.3, -0.25) is 4.79 Å². The van der Waals surface area contributed by atoms with Gasteiger partial charge in [0.1, 0.15) is 0 Å². The molecule has 5 heteroatoms. The number of hydrogen-bond donors (Lipinski definition) is 0. The monoisotopic (exact) mass is 391 g/mol. The van der Waals surface area contributed by atoms with Gasteiger partial charge in [0.05, 0.1) is 11.2 Å². The lowest BCUT2D eigenvalue weighted by Crippen LogP contribution is -2.49. The Labute approximate surface area is 174 Å². The summed E-state index contributed by atoms with van der Waals surface area (Å²) in [6.07, 6.45) is 0.704. The lowest BCUT2D eigenvalue weighted by atomic mass is 9.63. The van der Waals surface area contributed by atoms with E-state index in [0.717, 1.165) is 16.7 Å². The first kappa shape index (κ1) is 20.2. The van der Waals surface area contributed by atoms with Crippen molar-refractivity contribution in [3.63, 3.8) is 0 Å². The second kappa shape index (κ2) is 7.00. The van der Waals surface area contributed by atoms with Crippen LogP contribution in [0.3, 0.4) is 0 Å². The van der Waals surface area contributed by atoms with E-state index in [-0.39, 0.29) is 29.6 Å². The van der Waals surface area contributed by atoms with Crippen molar-refractivity contribution in [2.24, 2.45) is 0 Å². The molecule has 0 aromatic heterocycles. The summed E-state index contributed by atoms with van der Waals surface area (Å²) < 4.78 is 12.6. The number of rotatable bonds is 4. The Morgan fingerprint density at radius 2 is 1.48 bits per heavy atom. The van der Waals surface area contributed by atoms with Crippen LogP contribution in [0.2, 0.25) is 6.32 Å². The van der Waals surface area contributed by atoms with Gasteiger partial charge in [0.25, 0.3) is 5.91 Å². The zero-order valence-electron chi connectivity index (χ0n) is 18.1. The van der Waals surface area contributed by atoms with Crippen LogP contribution in [-0.4, -0.2) is 35.7 Å². The van der Waals surface area contributed by atoms with Gasteiger partial charge < -0.3 is 14.2 Å². The zero-order valence-corrected chi connectivity index (χ0v) is 18.1. The van der Waals surface area contributed by atoms with Gasteiger partial charge in [-0.05, 0) is 51.2 Å². The van der Waals surface area contributed by atoms with E-state index in [9.17, 15) is 4.79 Å². The molecule has 0 radical (unpaired) electrons. The summed E-state index contributed by atoms with van der Waals surface area (Å²) in [4.78, 5) is 15.2. The van der Waals surface area contributed by atoms with Gasteiger partial charge >= 0.3 is 7.12 Å². The van der Waals surface area contributed by atoms with Crippen molar-refractivity contribution in [3.05, 3.63) is 71.3 Å². The fraction of sp³-hybridized carbons (Fsp3) is 0.458. The second-order valence-electron chi connectivity index (χ2n) is 9.64. The third-order valence-electron chi connectivity index (χ3n) is 6.77. The van der Waals surface area contributed by atoms with Crippen LogP contribution in [0.15, 0.2) is 54.6 Å². The van der Waals surface area contributed by atoms with Gasteiger partial charge in [0.2, 0.25) is 0 Å². The zero-order chi connectivity index (χ0) is 20.9. The van der Waals surface area contributed by atoms with E-state index in [1.165, 1.54) is 0 Å². The highest BCUT2D eigenvalue weighted by atomic mass is 16.7. The van der Waals surface area contributed by atoms with Crippen molar-refractivity contribution in [1.82, 2.24) is 4.90 Å². The molecule has 2 aliphatic rings. The second-order valence-corrected chi connectivity index (χ2v) is 9.64. The molecule has 1 fully saturated rings. The van der Waals surface area contributed by atoms with Gasteiger partial charge in [-0.15, -0.1) is 0 Å². The number of nitrogens with zero attached hydrogens (tertiary/aromatic N) is 1. The van der Waals surface area contributed by atoms with Crippen LogP contribution in [0.5, 0.6) is 0 Å². The largest absolute Gasteiger partial charge is 0.458 e. The fourth-order valence-corrected chi connectivity index (χ4v) is 4.47. The van der Waals surface area contributed by atoms with Gasteiger partial charge in [0.15, 0.2) is 0 Å². The van der Waals surface area contributed by atoms with Crippen LogP contribution in [-0.2, 0) is 21.3 Å². The molecule has 0 unspecified atom stereocenters. The molecule has 0 N–H and O–H groups in total. The molecule has 2 aromatic carbocycles. The maximum atomic E-state index is 13.2. The number of carbonyl (C=O) groups is 1. The van der Waals surface area contributed by atoms with Crippen LogP contribution in [0.1, 0.15) is 56.1 Å². The van der Waals surface area contributed by atoms with E-state index >= 15 is 0 Å². The molecule has 2 aliphatic heterocycles. The van der Waals surface area contributed by atoms with E-state index < -0.39 is 0 Å². The summed E-state index contributed by atoms with van der Waals surface area (Å²) in [6, 6.07) is 18.1. The molecule has 2 heterocycles. The Morgan fingerprint density at radius 1 is 0.897 bits per heavy atom. The highest BCUT2D eigenvalue weighted by Gasteiger charge is 2.54. The molecule has 0 spiro atoms. The summed E-state index contributed by atoms with van der Waals surface area (Å²) in [6.45, 7) is 11.8. The van der Waals surface area contributed by atoms with Crippen LogP contribution in [0.25, 0.3) is 0 Å². The van der Waals surface area contributed by atoms with Crippen LogP contribution < -0.4 is 0 Å². The molecule has 1 saturated heterocycles. The highest BCUT2D eigenvalue weighted by Crippen LogP contribution is 2.44. The molecule has 152 valence electrons. The number of fused-ring (bicyclic) bond motifs is 1. The van der Waals surface area contributed by atoms with Crippen LogP contribution in [0.4, 0.5) is 0 Å². The maximum Gasteiger partial charge on any atom is 0.458 e. The number of benzene rings is 2. The molecular formula is C24H30BNO3. The number of carbonyl (C=O) groups excluding carboxylic acids is 1. The van der Waals surface area contributed by atoms with Crippen molar-refractivity contribution in [2.45, 2.75) is 64.1 Å². The van der Waals surface area contributed by atoms with E-state index in [1.807, 2.05) is 41.3 Å². The Hall–Kier alpha value is -2.11. The normalized spacial score (nSPS) is 25.2. The standard InChI is InChI=1S/C24H30BNO3/c1-22(2)23(3,4)29-25(28-22)16-24(5)17-26(15-18-11-7-6-8-12-18)21(27)19-13-9-10-14-20(19)24/h6-14H,15-17H2,1-5H3/t24-/m0/s1.